The van der Waals surface area contributed by atoms with Crippen LogP contribution in [0, 0.1) is 0 Å². The molecule has 1 aliphatic rings. The lowest BCUT2D eigenvalue weighted by atomic mass is 10.1. The number of benzene rings is 3. The molecular formula is C27H27N3O4S. The van der Waals surface area contributed by atoms with E-state index >= 15 is 0 Å². The van der Waals surface area contributed by atoms with Gasteiger partial charge in [-0.25, -0.2) is 0 Å². The predicted octanol–water partition coefficient (Wildman–Crippen LogP) is 4.90. The molecular weight excluding hydrogens is 462 g/mol. The Kier molecular flexibility index (Phi) is 7.95. The van der Waals surface area contributed by atoms with Gasteiger partial charge < -0.3 is 21.1 Å². The highest BCUT2D eigenvalue weighted by atomic mass is 32.2. The molecule has 3 aromatic carbocycles. The topological polar surface area (TPSA) is 108 Å². The van der Waals surface area contributed by atoms with Gasteiger partial charge in [0.1, 0.15) is 0 Å². The first-order valence-corrected chi connectivity index (χ1v) is 12.6. The summed E-state index contributed by atoms with van der Waals surface area (Å²) in [5.41, 5.74) is 2.54. The van der Waals surface area contributed by atoms with Crippen LogP contribution in [0.5, 0.6) is 0 Å². The summed E-state index contributed by atoms with van der Waals surface area (Å²) in [6.07, 6.45) is 3.99. The fourth-order valence-electron chi connectivity index (χ4n) is 3.81. The number of carboxylic acids is 1. The van der Waals surface area contributed by atoms with E-state index in [-0.39, 0.29) is 12.3 Å². The molecule has 1 aliphatic heterocycles. The van der Waals surface area contributed by atoms with Gasteiger partial charge in [-0.1, -0.05) is 36.4 Å². The van der Waals surface area contributed by atoms with Crippen molar-refractivity contribution in [2.24, 2.45) is 0 Å². The van der Waals surface area contributed by atoms with Gasteiger partial charge in [-0.05, 0) is 66.9 Å². The van der Waals surface area contributed by atoms with Crippen LogP contribution in [-0.2, 0) is 15.6 Å². The fourth-order valence-corrected chi connectivity index (χ4v) is 5.29. The number of hydrogen-bond donors (Lipinski definition) is 4. The average molecular weight is 490 g/mol. The SMILES string of the molecule is O=C(O)CC(c1ccccc1)S(=O)c1cccc(NC(=O)c2ccc(NC3=CCCCN3)cc2)c1. The second kappa shape index (κ2) is 11.5. The molecule has 180 valence electrons. The Balaban J connectivity index is 1.45. The van der Waals surface area contributed by atoms with Crippen LogP contribution in [0.4, 0.5) is 11.4 Å². The molecule has 4 rings (SSSR count). The Bertz CT molecular complexity index is 1240. The molecule has 0 saturated heterocycles. The van der Waals surface area contributed by atoms with Crippen molar-refractivity contribution in [1.29, 1.82) is 0 Å². The van der Waals surface area contributed by atoms with Gasteiger partial charge in [0.2, 0.25) is 0 Å². The molecule has 1 amide bonds. The minimum Gasteiger partial charge on any atom is -0.481 e. The molecule has 2 unspecified atom stereocenters. The Hall–Kier alpha value is -3.91. The first-order valence-electron chi connectivity index (χ1n) is 11.4. The maximum absolute atomic E-state index is 13.3. The van der Waals surface area contributed by atoms with Crippen LogP contribution in [0.15, 0.2) is 95.7 Å². The summed E-state index contributed by atoms with van der Waals surface area (Å²) >= 11 is 0. The van der Waals surface area contributed by atoms with Crippen LogP contribution in [0.1, 0.15) is 40.4 Å². The van der Waals surface area contributed by atoms with E-state index in [1.807, 2.05) is 18.2 Å². The smallest absolute Gasteiger partial charge is 0.304 e. The largest absolute Gasteiger partial charge is 0.481 e. The van der Waals surface area contributed by atoms with Crippen molar-refractivity contribution in [3.05, 3.63) is 102 Å². The molecule has 0 aliphatic carbocycles. The van der Waals surface area contributed by atoms with E-state index in [9.17, 15) is 18.9 Å². The number of amides is 1. The molecule has 7 nitrogen and oxygen atoms in total. The van der Waals surface area contributed by atoms with E-state index in [0.717, 1.165) is 30.9 Å². The standard InChI is InChI=1S/C27H27N3O4S/c31-26(32)18-24(19-7-2-1-3-8-19)35(34)23-10-6-9-22(17-23)30-27(33)20-12-14-21(15-13-20)29-25-11-4-5-16-28-25/h1-3,6-15,17,24,28-29H,4-5,16,18H2,(H,30,33)(H,31,32). The molecule has 1 heterocycles. The van der Waals surface area contributed by atoms with Crippen LogP contribution in [-0.4, -0.2) is 27.7 Å². The number of carboxylic acid groups (broad SMARTS) is 1. The number of rotatable bonds is 9. The van der Waals surface area contributed by atoms with E-state index < -0.39 is 22.0 Å². The van der Waals surface area contributed by atoms with Gasteiger partial charge in [-0.2, -0.15) is 0 Å². The van der Waals surface area contributed by atoms with Crippen LogP contribution in [0.3, 0.4) is 0 Å². The van der Waals surface area contributed by atoms with Crippen molar-refractivity contribution in [2.75, 3.05) is 17.2 Å². The fraction of sp³-hybridized carbons (Fsp3) is 0.185. The zero-order valence-corrected chi connectivity index (χ0v) is 19.9. The number of carbonyl (C=O) groups excluding carboxylic acids is 1. The van der Waals surface area contributed by atoms with Crippen LogP contribution in [0.25, 0.3) is 0 Å². The third-order valence-corrected chi connectivity index (χ3v) is 7.26. The second-order valence-electron chi connectivity index (χ2n) is 8.17. The summed E-state index contributed by atoms with van der Waals surface area (Å²) in [4.78, 5) is 24.7. The number of hydrogen-bond acceptors (Lipinski definition) is 5. The number of allylic oxidation sites excluding steroid dienone is 1. The van der Waals surface area contributed by atoms with Gasteiger partial charge in [0.05, 0.1) is 28.3 Å². The monoisotopic (exact) mass is 489 g/mol. The molecule has 4 N–H and O–H groups in total. The summed E-state index contributed by atoms with van der Waals surface area (Å²) in [5, 5.41) is 18.1. The van der Waals surface area contributed by atoms with Crippen molar-refractivity contribution < 1.29 is 18.9 Å². The lowest BCUT2D eigenvalue weighted by Crippen LogP contribution is -2.23. The van der Waals surface area contributed by atoms with Gasteiger partial charge in [0.15, 0.2) is 0 Å². The van der Waals surface area contributed by atoms with Crippen LogP contribution >= 0.6 is 0 Å². The molecule has 8 heteroatoms. The Morgan fingerprint density at radius 3 is 2.43 bits per heavy atom. The summed E-state index contributed by atoms with van der Waals surface area (Å²) < 4.78 is 13.3. The van der Waals surface area contributed by atoms with Crippen molar-refractivity contribution >= 4 is 34.1 Å². The summed E-state index contributed by atoms with van der Waals surface area (Å²) in [5.74, 6) is -0.347. The second-order valence-corrected chi connectivity index (χ2v) is 9.80. The first-order chi connectivity index (χ1) is 17.0. The van der Waals surface area contributed by atoms with E-state index in [4.69, 9.17) is 0 Å². The predicted molar refractivity (Wildman–Crippen MR) is 138 cm³/mol. The molecule has 0 radical (unpaired) electrons. The molecule has 0 saturated carbocycles. The number of anilines is 2. The number of aliphatic carboxylic acids is 1. The maximum atomic E-state index is 13.3. The van der Waals surface area contributed by atoms with Crippen LogP contribution in [0.2, 0.25) is 0 Å². The Labute approximate surface area is 206 Å². The highest BCUT2D eigenvalue weighted by molar-refractivity contribution is 7.85. The third-order valence-electron chi connectivity index (χ3n) is 5.58. The van der Waals surface area contributed by atoms with Gasteiger partial charge in [-0.15, -0.1) is 0 Å². The summed E-state index contributed by atoms with van der Waals surface area (Å²) in [7, 11) is -1.62. The zero-order valence-electron chi connectivity index (χ0n) is 19.1. The van der Waals surface area contributed by atoms with E-state index in [2.05, 4.69) is 22.0 Å². The summed E-state index contributed by atoms with van der Waals surface area (Å²) in [6.45, 7) is 0.936. The molecule has 3 aromatic rings. The number of carbonyl (C=O) groups is 2. The van der Waals surface area contributed by atoms with Gasteiger partial charge in [0, 0.05) is 28.4 Å². The van der Waals surface area contributed by atoms with Crippen molar-refractivity contribution in [3.63, 3.8) is 0 Å². The summed E-state index contributed by atoms with van der Waals surface area (Å²) in [6, 6.07) is 22.8. The third kappa shape index (κ3) is 6.58. The maximum Gasteiger partial charge on any atom is 0.304 e. The lowest BCUT2D eigenvalue weighted by Gasteiger charge is -2.17. The quantitative estimate of drug-likeness (QED) is 0.341. The Morgan fingerprint density at radius 1 is 0.971 bits per heavy atom. The minimum atomic E-state index is -1.62. The Morgan fingerprint density at radius 2 is 1.74 bits per heavy atom. The highest BCUT2D eigenvalue weighted by Gasteiger charge is 2.24. The number of nitrogens with one attached hydrogen (secondary N) is 3. The molecule has 35 heavy (non-hydrogen) atoms. The minimum absolute atomic E-state index is 0.264. The molecule has 0 fully saturated rings. The molecule has 2 atom stereocenters. The van der Waals surface area contributed by atoms with Gasteiger partial charge >= 0.3 is 5.97 Å². The van der Waals surface area contributed by atoms with Crippen LogP contribution < -0.4 is 16.0 Å². The van der Waals surface area contributed by atoms with Crippen molar-refractivity contribution in [1.82, 2.24) is 5.32 Å². The average Bonchev–Trinajstić information content (AvgIpc) is 2.88. The van der Waals surface area contributed by atoms with Gasteiger partial charge in [-0.3, -0.25) is 13.8 Å². The molecule has 0 bridgehead atoms. The van der Waals surface area contributed by atoms with E-state index in [0.29, 0.717) is 21.7 Å². The van der Waals surface area contributed by atoms with Crippen molar-refractivity contribution in [3.8, 4) is 0 Å². The van der Waals surface area contributed by atoms with E-state index in [1.54, 1.807) is 60.7 Å². The van der Waals surface area contributed by atoms with Crippen molar-refractivity contribution in [2.45, 2.75) is 29.4 Å². The van der Waals surface area contributed by atoms with Gasteiger partial charge in [0.25, 0.3) is 5.91 Å². The molecule has 0 spiro atoms. The normalized spacial score (nSPS) is 14.7. The van der Waals surface area contributed by atoms with E-state index in [1.165, 1.54) is 0 Å². The lowest BCUT2D eigenvalue weighted by molar-refractivity contribution is -0.137. The highest BCUT2D eigenvalue weighted by Crippen LogP contribution is 2.29. The first kappa shape index (κ1) is 24.2. The molecule has 0 aromatic heterocycles. The zero-order chi connectivity index (χ0) is 24.6.